The van der Waals surface area contributed by atoms with Crippen LogP contribution in [0.4, 0.5) is 0 Å². The molecule has 0 radical (unpaired) electrons. The molecule has 1 heteroatoms. The Balaban J connectivity index is 4.45. The van der Waals surface area contributed by atoms with Crippen LogP contribution in [0.2, 0.25) is 0 Å². The maximum Gasteiger partial charge on any atom is 0.0996 e. The van der Waals surface area contributed by atoms with Crippen LogP contribution in [0.3, 0.4) is 0 Å². The van der Waals surface area contributed by atoms with E-state index < -0.39 is 0 Å². The fourth-order valence-electron chi connectivity index (χ4n) is 1.99. The van der Waals surface area contributed by atoms with Gasteiger partial charge in [0.05, 0.1) is 11.5 Å². The van der Waals surface area contributed by atoms with Crippen molar-refractivity contribution in [1.82, 2.24) is 0 Å². The molecule has 0 aromatic carbocycles. The van der Waals surface area contributed by atoms with E-state index in [4.69, 9.17) is 4.74 Å². The summed E-state index contributed by atoms with van der Waals surface area (Å²) in [6.07, 6.45) is 16.4. The van der Waals surface area contributed by atoms with Crippen LogP contribution >= 0.6 is 0 Å². The molecular formula is C18H34O. The van der Waals surface area contributed by atoms with Gasteiger partial charge in [0.1, 0.15) is 0 Å². The van der Waals surface area contributed by atoms with Gasteiger partial charge in [0.15, 0.2) is 0 Å². The highest BCUT2D eigenvalue weighted by molar-refractivity contribution is 5.02. The van der Waals surface area contributed by atoms with E-state index in [1.54, 1.807) is 0 Å². The Bertz CT molecular complexity index is 224. The summed E-state index contributed by atoms with van der Waals surface area (Å²) in [6.45, 7) is 8.91. The van der Waals surface area contributed by atoms with Crippen molar-refractivity contribution in [2.24, 2.45) is 0 Å². The van der Waals surface area contributed by atoms with Crippen molar-refractivity contribution >= 4 is 0 Å². The lowest BCUT2D eigenvalue weighted by Gasteiger charge is -2.13. The molecule has 0 aromatic rings. The molecular weight excluding hydrogens is 232 g/mol. The van der Waals surface area contributed by atoms with Crippen molar-refractivity contribution < 1.29 is 4.74 Å². The van der Waals surface area contributed by atoms with Gasteiger partial charge in [-0.2, -0.15) is 0 Å². The third-order valence-corrected chi connectivity index (χ3v) is 3.11. The van der Waals surface area contributed by atoms with E-state index in [1.165, 1.54) is 37.2 Å². The van der Waals surface area contributed by atoms with E-state index in [0.717, 1.165) is 38.5 Å². The molecule has 0 fully saturated rings. The molecule has 1 nitrogen and oxygen atoms in total. The van der Waals surface area contributed by atoms with Gasteiger partial charge in [-0.05, 0) is 50.7 Å². The molecule has 0 saturated heterocycles. The predicted molar refractivity (Wildman–Crippen MR) is 86.1 cm³/mol. The van der Waals surface area contributed by atoms with Crippen molar-refractivity contribution in [3.05, 3.63) is 23.7 Å². The maximum absolute atomic E-state index is 6.15. The summed E-state index contributed by atoms with van der Waals surface area (Å²) in [5, 5.41) is 0. The summed E-state index contributed by atoms with van der Waals surface area (Å²) in [6, 6.07) is 0. The van der Waals surface area contributed by atoms with Crippen molar-refractivity contribution in [1.29, 1.82) is 0 Å². The molecule has 0 saturated carbocycles. The minimum atomic E-state index is 1.07. The van der Waals surface area contributed by atoms with Crippen LogP contribution in [0.15, 0.2) is 23.7 Å². The second kappa shape index (κ2) is 13.7. The fourth-order valence-corrected chi connectivity index (χ4v) is 1.99. The van der Waals surface area contributed by atoms with Crippen LogP contribution < -0.4 is 0 Å². The van der Waals surface area contributed by atoms with Crippen LogP contribution in [0.25, 0.3) is 0 Å². The SMILES string of the molecule is CCCCC=C(CCC)OC(=CCCCC)CCC. The monoisotopic (exact) mass is 266 g/mol. The Morgan fingerprint density at radius 2 is 1.11 bits per heavy atom. The van der Waals surface area contributed by atoms with Crippen LogP contribution in [-0.4, -0.2) is 0 Å². The number of hydrogen-bond acceptors (Lipinski definition) is 1. The van der Waals surface area contributed by atoms with Crippen molar-refractivity contribution in [3.63, 3.8) is 0 Å². The Hall–Kier alpha value is -0.720. The lowest BCUT2D eigenvalue weighted by atomic mass is 10.2. The average Bonchev–Trinajstić information content (AvgIpc) is 2.39. The summed E-state index contributed by atoms with van der Waals surface area (Å²) < 4.78 is 6.15. The molecule has 0 aliphatic heterocycles. The zero-order valence-corrected chi connectivity index (χ0v) is 13.6. The molecule has 112 valence electrons. The zero-order chi connectivity index (χ0) is 14.3. The van der Waals surface area contributed by atoms with E-state index in [2.05, 4.69) is 39.8 Å². The first-order chi connectivity index (χ1) is 9.28. The first-order valence-electron chi connectivity index (χ1n) is 8.34. The first kappa shape index (κ1) is 18.3. The van der Waals surface area contributed by atoms with Crippen LogP contribution in [-0.2, 0) is 4.74 Å². The normalized spacial score (nSPS) is 12.8. The topological polar surface area (TPSA) is 9.23 Å². The molecule has 0 atom stereocenters. The van der Waals surface area contributed by atoms with Crippen LogP contribution in [0.1, 0.15) is 91.9 Å². The largest absolute Gasteiger partial charge is 0.467 e. The van der Waals surface area contributed by atoms with Gasteiger partial charge in [-0.25, -0.2) is 0 Å². The number of unbranched alkanes of at least 4 members (excludes halogenated alkanes) is 4. The van der Waals surface area contributed by atoms with Gasteiger partial charge in [0, 0.05) is 12.8 Å². The molecule has 0 spiro atoms. The number of ether oxygens (including phenoxy) is 1. The van der Waals surface area contributed by atoms with Crippen molar-refractivity contribution in [2.45, 2.75) is 91.9 Å². The predicted octanol–water partition coefficient (Wildman–Crippen LogP) is 6.75. The summed E-state index contributed by atoms with van der Waals surface area (Å²) in [5.74, 6) is 2.37. The Morgan fingerprint density at radius 1 is 0.684 bits per heavy atom. The molecule has 0 amide bonds. The third-order valence-electron chi connectivity index (χ3n) is 3.11. The number of allylic oxidation sites excluding steroid dienone is 4. The Kier molecular flexibility index (Phi) is 13.2. The molecule has 0 aromatic heterocycles. The minimum absolute atomic E-state index is 1.07. The molecule has 0 bridgehead atoms. The quantitative estimate of drug-likeness (QED) is 0.280. The summed E-state index contributed by atoms with van der Waals surface area (Å²) >= 11 is 0. The van der Waals surface area contributed by atoms with Gasteiger partial charge >= 0.3 is 0 Å². The third kappa shape index (κ3) is 10.9. The molecule has 0 aliphatic rings. The standard InChI is InChI=1S/C18H34O/c1-5-9-11-15-17(13-7-3)19-18(14-8-4)16-12-10-6-2/h15-16H,5-14H2,1-4H3. The molecule has 0 rings (SSSR count). The first-order valence-corrected chi connectivity index (χ1v) is 8.34. The van der Waals surface area contributed by atoms with E-state index in [-0.39, 0.29) is 0 Å². The van der Waals surface area contributed by atoms with Gasteiger partial charge in [0.2, 0.25) is 0 Å². The van der Waals surface area contributed by atoms with Crippen molar-refractivity contribution in [3.8, 4) is 0 Å². The van der Waals surface area contributed by atoms with Crippen molar-refractivity contribution in [2.75, 3.05) is 0 Å². The van der Waals surface area contributed by atoms with E-state index in [1.807, 2.05) is 0 Å². The summed E-state index contributed by atoms with van der Waals surface area (Å²) in [4.78, 5) is 0. The summed E-state index contributed by atoms with van der Waals surface area (Å²) in [5.41, 5.74) is 0. The van der Waals surface area contributed by atoms with Gasteiger partial charge in [0.25, 0.3) is 0 Å². The molecule has 0 aliphatic carbocycles. The number of hydrogen-bond donors (Lipinski definition) is 0. The van der Waals surface area contributed by atoms with E-state index >= 15 is 0 Å². The highest BCUT2D eigenvalue weighted by atomic mass is 16.5. The second-order valence-electron chi connectivity index (χ2n) is 5.23. The van der Waals surface area contributed by atoms with E-state index in [9.17, 15) is 0 Å². The summed E-state index contributed by atoms with van der Waals surface area (Å²) in [7, 11) is 0. The van der Waals surface area contributed by atoms with E-state index in [0.29, 0.717) is 0 Å². The lowest BCUT2D eigenvalue weighted by molar-refractivity contribution is 0.271. The van der Waals surface area contributed by atoms with Gasteiger partial charge in [-0.3, -0.25) is 0 Å². The average molecular weight is 266 g/mol. The van der Waals surface area contributed by atoms with Gasteiger partial charge < -0.3 is 4.74 Å². The zero-order valence-electron chi connectivity index (χ0n) is 13.6. The van der Waals surface area contributed by atoms with Gasteiger partial charge in [-0.1, -0.05) is 40.5 Å². The van der Waals surface area contributed by atoms with Crippen LogP contribution in [0.5, 0.6) is 0 Å². The van der Waals surface area contributed by atoms with Gasteiger partial charge in [-0.15, -0.1) is 0 Å². The smallest absolute Gasteiger partial charge is 0.0996 e. The maximum atomic E-state index is 6.15. The molecule has 0 heterocycles. The fraction of sp³-hybridized carbons (Fsp3) is 0.778. The van der Waals surface area contributed by atoms with Crippen LogP contribution in [0, 0.1) is 0 Å². The lowest BCUT2D eigenvalue weighted by Crippen LogP contribution is -1.95. The second-order valence-corrected chi connectivity index (χ2v) is 5.23. The highest BCUT2D eigenvalue weighted by Crippen LogP contribution is 2.18. The molecule has 0 N–H and O–H groups in total. The molecule has 19 heavy (non-hydrogen) atoms. The minimum Gasteiger partial charge on any atom is -0.467 e. The highest BCUT2D eigenvalue weighted by Gasteiger charge is 2.02. The Morgan fingerprint density at radius 3 is 1.42 bits per heavy atom. The number of rotatable bonds is 12. The molecule has 0 unspecified atom stereocenters. The Labute approximate surface area is 121 Å².